The first-order valence-corrected chi connectivity index (χ1v) is 8.39. The Morgan fingerprint density at radius 1 is 1.29 bits per heavy atom. The molecule has 130 valence electrons. The molecule has 0 unspecified atom stereocenters. The zero-order chi connectivity index (χ0) is 18.1. The summed E-state index contributed by atoms with van der Waals surface area (Å²) < 4.78 is 16.8. The van der Waals surface area contributed by atoms with E-state index in [9.17, 15) is 4.79 Å². The topological polar surface area (TPSA) is 70.8 Å². The fourth-order valence-corrected chi connectivity index (χ4v) is 2.60. The number of benzene rings is 1. The number of anilines is 1. The van der Waals surface area contributed by atoms with E-state index in [0.29, 0.717) is 17.0 Å². The maximum absolute atomic E-state index is 11.6. The lowest BCUT2D eigenvalue weighted by molar-refractivity contribution is 0.00578. The summed E-state index contributed by atoms with van der Waals surface area (Å²) in [6.07, 6.45) is 1.92. The third kappa shape index (κ3) is 3.63. The Morgan fingerprint density at radius 2 is 1.88 bits per heavy atom. The van der Waals surface area contributed by atoms with Crippen LogP contribution >= 0.6 is 12.6 Å². The standard InChI is InChI=1S/C17H24BNO4S/c1-16(2)17(3,4)23-18(22-16)12(10-24)8-11-6-7-13(14(19)9-11)15(20)21-5/h6-9,24H,10,19H2,1-5H3. The Morgan fingerprint density at radius 3 is 2.33 bits per heavy atom. The number of nitrogen functional groups attached to an aromatic ring is 1. The Kier molecular flexibility index (Phi) is 5.37. The maximum atomic E-state index is 11.6. The Balaban J connectivity index is 2.29. The fraction of sp³-hybridized carbons (Fsp3) is 0.471. The van der Waals surface area contributed by atoms with E-state index in [2.05, 4.69) is 12.6 Å². The highest BCUT2D eigenvalue weighted by Crippen LogP contribution is 2.39. The molecule has 1 fully saturated rings. The highest BCUT2D eigenvalue weighted by molar-refractivity contribution is 7.80. The van der Waals surface area contributed by atoms with Crippen molar-refractivity contribution in [1.29, 1.82) is 0 Å². The monoisotopic (exact) mass is 349 g/mol. The number of hydrogen-bond acceptors (Lipinski definition) is 6. The van der Waals surface area contributed by atoms with E-state index in [0.717, 1.165) is 11.0 Å². The highest BCUT2D eigenvalue weighted by Gasteiger charge is 2.52. The predicted molar refractivity (Wildman–Crippen MR) is 100 cm³/mol. The second kappa shape index (κ2) is 6.82. The number of methoxy groups -OCH3 is 1. The van der Waals surface area contributed by atoms with Gasteiger partial charge in [0.05, 0.1) is 23.9 Å². The van der Waals surface area contributed by atoms with Crippen LogP contribution in [0.15, 0.2) is 23.7 Å². The lowest BCUT2D eigenvalue weighted by Crippen LogP contribution is -2.41. The van der Waals surface area contributed by atoms with Crippen LogP contribution in [-0.2, 0) is 14.0 Å². The number of nitrogens with two attached hydrogens (primary N) is 1. The Hall–Kier alpha value is -1.44. The lowest BCUT2D eigenvalue weighted by atomic mass is 9.78. The first-order valence-electron chi connectivity index (χ1n) is 7.76. The van der Waals surface area contributed by atoms with Crippen LogP contribution in [0.25, 0.3) is 6.08 Å². The molecule has 0 radical (unpaired) electrons. The highest BCUT2D eigenvalue weighted by atomic mass is 32.1. The molecular weight excluding hydrogens is 325 g/mol. The van der Waals surface area contributed by atoms with E-state index in [4.69, 9.17) is 19.8 Å². The van der Waals surface area contributed by atoms with Crippen molar-refractivity contribution in [3.63, 3.8) is 0 Å². The van der Waals surface area contributed by atoms with Gasteiger partial charge >= 0.3 is 13.1 Å². The summed E-state index contributed by atoms with van der Waals surface area (Å²) in [6.45, 7) is 8.02. The van der Waals surface area contributed by atoms with Crippen molar-refractivity contribution in [3.8, 4) is 0 Å². The molecule has 0 bridgehead atoms. The second-order valence-corrected chi connectivity index (χ2v) is 7.12. The molecular formula is C17H24BNO4S. The van der Waals surface area contributed by atoms with E-state index in [1.165, 1.54) is 7.11 Å². The largest absolute Gasteiger partial charge is 0.491 e. The maximum Gasteiger partial charge on any atom is 0.491 e. The van der Waals surface area contributed by atoms with Crippen LogP contribution < -0.4 is 5.73 Å². The number of hydrogen-bond donors (Lipinski definition) is 2. The van der Waals surface area contributed by atoms with Crippen LogP contribution in [0, 0.1) is 0 Å². The number of esters is 1. The second-order valence-electron chi connectivity index (χ2n) is 6.80. The number of carbonyl (C=O) groups excluding carboxylic acids is 1. The summed E-state index contributed by atoms with van der Waals surface area (Å²) in [5, 5.41) is 0. The fourth-order valence-electron chi connectivity index (χ4n) is 2.36. The summed E-state index contributed by atoms with van der Waals surface area (Å²) in [4.78, 5) is 11.6. The van der Waals surface area contributed by atoms with Crippen molar-refractivity contribution in [1.82, 2.24) is 0 Å². The average Bonchev–Trinajstić information content (AvgIpc) is 2.72. The van der Waals surface area contributed by atoms with Crippen LogP contribution in [0.3, 0.4) is 0 Å². The van der Waals surface area contributed by atoms with Gasteiger partial charge in [0.1, 0.15) is 0 Å². The molecule has 1 aromatic carbocycles. The summed E-state index contributed by atoms with van der Waals surface area (Å²) in [6, 6.07) is 5.17. The molecule has 1 aliphatic heterocycles. The summed E-state index contributed by atoms with van der Waals surface area (Å²) in [5.74, 6) is 0.0265. The number of rotatable bonds is 4. The molecule has 2 N–H and O–H groups in total. The molecule has 7 heteroatoms. The Bertz CT molecular complexity index is 657. The average molecular weight is 349 g/mol. The molecule has 1 aliphatic rings. The predicted octanol–water partition coefficient (Wildman–Crippen LogP) is 3.00. The van der Waals surface area contributed by atoms with Gasteiger partial charge < -0.3 is 19.8 Å². The minimum absolute atomic E-state index is 0.345. The first-order chi connectivity index (χ1) is 11.1. The zero-order valence-corrected chi connectivity index (χ0v) is 15.6. The number of ether oxygens (including phenoxy) is 1. The summed E-state index contributed by atoms with van der Waals surface area (Å²) in [5.41, 5.74) is 7.57. The van der Waals surface area contributed by atoms with Crippen LogP contribution in [0.2, 0.25) is 0 Å². The molecule has 24 heavy (non-hydrogen) atoms. The zero-order valence-electron chi connectivity index (χ0n) is 14.8. The van der Waals surface area contributed by atoms with Gasteiger partial charge in [0.2, 0.25) is 0 Å². The van der Waals surface area contributed by atoms with Crippen molar-refractivity contribution in [3.05, 3.63) is 34.8 Å². The van der Waals surface area contributed by atoms with Gasteiger partial charge in [-0.05, 0) is 50.9 Å². The molecule has 0 saturated carbocycles. The van der Waals surface area contributed by atoms with E-state index in [1.54, 1.807) is 18.2 Å². The van der Waals surface area contributed by atoms with Crippen molar-refractivity contribution >= 4 is 37.5 Å². The van der Waals surface area contributed by atoms with Gasteiger partial charge in [-0.15, -0.1) is 0 Å². The first kappa shape index (κ1) is 18.9. The summed E-state index contributed by atoms with van der Waals surface area (Å²) >= 11 is 4.39. The van der Waals surface area contributed by atoms with Crippen molar-refractivity contribution < 1.29 is 18.8 Å². The van der Waals surface area contributed by atoms with Gasteiger partial charge in [0.15, 0.2) is 0 Å². The molecule has 1 heterocycles. The summed E-state index contributed by atoms with van der Waals surface area (Å²) in [7, 11) is 0.862. The third-order valence-corrected chi connectivity index (χ3v) is 4.94. The molecule has 0 aromatic heterocycles. The van der Waals surface area contributed by atoms with Crippen LogP contribution in [0.1, 0.15) is 43.6 Å². The van der Waals surface area contributed by atoms with Crippen molar-refractivity contribution in [2.24, 2.45) is 0 Å². The van der Waals surface area contributed by atoms with Gasteiger partial charge in [-0.1, -0.05) is 12.1 Å². The van der Waals surface area contributed by atoms with Gasteiger partial charge in [0.25, 0.3) is 0 Å². The molecule has 0 aliphatic carbocycles. The van der Waals surface area contributed by atoms with Gasteiger partial charge in [-0.25, -0.2) is 4.79 Å². The van der Waals surface area contributed by atoms with E-state index in [1.807, 2.05) is 33.8 Å². The van der Waals surface area contributed by atoms with Crippen LogP contribution in [0.5, 0.6) is 0 Å². The van der Waals surface area contributed by atoms with E-state index >= 15 is 0 Å². The van der Waals surface area contributed by atoms with Gasteiger partial charge in [-0.2, -0.15) is 12.6 Å². The van der Waals surface area contributed by atoms with E-state index in [-0.39, 0.29) is 0 Å². The molecule has 0 spiro atoms. The SMILES string of the molecule is COC(=O)c1ccc(C=C(CS)B2OC(C)(C)C(C)(C)O2)cc1N. The minimum Gasteiger partial charge on any atom is -0.465 e. The normalized spacial score (nSPS) is 19.4. The number of carbonyl (C=O) groups is 1. The van der Waals surface area contributed by atoms with E-state index < -0.39 is 24.3 Å². The van der Waals surface area contributed by atoms with Crippen LogP contribution in [0.4, 0.5) is 5.69 Å². The van der Waals surface area contributed by atoms with Crippen molar-refractivity contribution in [2.75, 3.05) is 18.6 Å². The van der Waals surface area contributed by atoms with Gasteiger partial charge in [0, 0.05) is 11.4 Å². The molecule has 2 rings (SSSR count). The third-order valence-electron chi connectivity index (χ3n) is 4.57. The van der Waals surface area contributed by atoms with Gasteiger partial charge in [-0.3, -0.25) is 0 Å². The molecule has 1 saturated heterocycles. The van der Waals surface area contributed by atoms with Crippen molar-refractivity contribution in [2.45, 2.75) is 38.9 Å². The minimum atomic E-state index is -0.464. The molecule has 5 nitrogen and oxygen atoms in total. The molecule has 0 atom stereocenters. The smallest absolute Gasteiger partial charge is 0.465 e. The lowest BCUT2D eigenvalue weighted by Gasteiger charge is -2.32. The number of thiol groups is 1. The molecule has 0 amide bonds. The molecule has 1 aromatic rings. The quantitative estimate of drug-likeness (QED) is 0.378. The Labute approximate surface area is 149 Å². The van der Waals surface area contributed by atoms with Crippen LogP contribution in [-0.4, -0.2) is 37.2 Å².